The first kappa shape index (κ1) is 12.0. The third-order valence-corrected chi connectivity index (χ3v) is 2.02. The number of nitriles is 1. The minimum atomic E-state index is -0.151. The summed E-state index contributed by atoms with van der Waals surface area (Å²) in [5.41, 5.74) is 0. The summed E-state index contributed by atoms with van der Waals surface area (Å²) in [5.74, 6) is 0.106. The van der Waals surface area contributed by atoms with Gasteiger partial charge in [0, 0.05) is 13.0 Å². The minimum absolute atomic E-state index is 0.106. The molecule has 0 bridgehead atoms. The van der Waals surface area contributed by atoms with Crippen molar-refractivity contribution in [3.05, 3.63) is 0 Å². The Balaban J connectivity index is 0.000000671. The van der Waals surface area contributed by atoms with Crippen molar-refractivity contribution in [1.82, 2.24) is 4.90 Å². The summed E-state index contributed by atoms with van der Waals surface area (Å²) in [4.78, 5) is 12.8. The van der Waals surface area contributed by atoms with Crippen LogP contribution < -0.4 is 0 Å². The molecule has 0 aromatic carbocycles. The molecule has 0 N–H and O–H groups in total. The van der Waals surface area contributed by atoms with Gasteiger partial charge in [-0.2, -0.15) is 5.26 Å². The molecule has 0 radical (unpaired) electrons. The highest BCUT2D eigenvalue weighted by atomic mass is 16.2. The summed E-state index contributed by atoms with van der Waals surface area (Å²) in [6.07, 6.45) is 2.34. The molecule has 0 unspecified atom stereocenters. The molecule has 1 aliphatic heterocycles. The molecule has 13 heavy (non-hydrogen) atoms. The molecule has 3 nitrogen and oxygen atoms in total. The van der Waals surface area contributed by atoms with Gasteiger partial charge in [0.05, 0.1) is 6.07 Å². The van der Waals surface area contributed by atoms with Crippen LogP contribution in [0.2, 0.25) is 0 Å². The SMILES string of the molecule is CC.CCC(=O)N1CCC[C@H]1C#N. The van der Waals surface area contributed by atoms with Crippen molar-refractivity contribution < 1.29 is 4.79 Å². The van der Waals surface area contributed by atoms with Crippen LogP contribution in [0.3, 0.4) is 0 Å². The van der Waals surface area contributed by atoms with Crippen LogP contribution in [0.15, 0.2) is 0 Å². The van der Waals surface area contributed by atoms with E-state index in [1.54, 1.807) is 4.90 Å². The van der Waals surface area contributed by atoms with E-state index in [4.69, 9.17) is 5.26 Å². The highest BCUT2D eigenvalue weighted by Gasteiger charge is 2.26. The fraction of sp³-hybridized carbons (Fsp3) is 0.800. The summed E-state index contributed by atoms with van der Waals surface area (Å²) >= 11 is 0. The first-order valence-corrected chi connectivity index (χ1v) is 4.98. The molecule has 1 heterocycles. The molecule has 74 valence electrons. The van der Waals surface area contributed by atoms with Gasteiger partial charge in [0.1, 0.15) is 6.04 Å². The van der Waals surface area contributed by atoms with Gasteiger partial charge < -0.3 is 4.90 Å². The van der Waals surface area contributed by atoms with Gasteiger partial charge >= 0.3 is 0 Å². The van der Waals surface area contributed by atoms with Crippen molar-refractivity contribution in [2.24, 2.45) is 0 Å². The average molecular weight is 182 g/mol. The second-order valence-electron chi connectivity index (χ2n) is 2.73. The van der Waals surface area contributed by atoms with Crippen LogP contribution in [-0.4, -0.2) is 23.4 Å². The first-order chi connectivity index (χ1) is 6.29. The normalized spacial score (nSPS) is 20.2. The lowest BCUT2D eigenvalue weighted by molar-refractivity contribution is -0.130. The molecule has 3 heteroatoms. The second kappa shape index (κ2) is 6.47. The van der Waals surface area contributed by atoms with Crippen molar-refractivity contribution in [2.75, 3.05) is 6.54 Å². The molecule has 1 amide bonds. The number of nitrogens with zero attached hydrogens (tertiary/aromatic N) is 2. The summed E-state index contributed by atoms with van der Waals surface area (Å²) < 4.78 is 0. The Hall–Kier alpha value is -1.04. The molecule has 1 rings (SSSR count). The molecule has 0 aliphatic carbocycles. The highest BCUT2D eigenvalue weighted by Crippen LogP contribution is 2.16. The summed E-state index contributed by atoms with van der Waals surface area (Å²) in [6.45, 7) is 6.60. The lowest BCUT2D eigenvalue weighted by atomic mass is 10.2. The Bertz CT molecular complexity index is 196. The van der Waals surface area contributed by atoms with Crippen LogP contribution in [0.25, 0.3) is 0 Å². The molecule has 1 aliphatic rings. The molecule has 0 saturated carbocycles. The Kier molecular flexibility index (Phi) is 5.96. The summed E-state index contributed by atoms with van der Waals surface area (Å²) in [6, 6.07) is 1.98. The van der Waals surface area contributed by atoms with E-state index >= 15 is 0 Å². The fourth-order valence-corrected chi connectivity index (χ4v) is 1.40. The van der Waals surface area contributed by atoms with Crippen molar-refractivity contribution in [1.29, 1.82) is 5.26 Å². The Morgan fingerprint density at radius 1 is 1.62 bits per heavy atom. The number of amides is 1. The third kappa shape index (κ3) is 3.06. The molecule has 0 aromatic heterocycles. The monoisotopic (exact) mass is 182 g/mol. The fourth-order valence-electron chi connectivity index (χ4n) is 1.40. The third-order valence-electron chi connectivity index (χ3n) is 2.02. The van der Waals surface area contributed by atoms with Gasteiger partial charge in [0.25, 0.3) is 0 Å². The van der Waals surface area contributed by atoms with Crippen molar-refractivity contribution in [3.8, 4) is 6.07 Å². The molecule has 1 saturated heterocycles. The van der Waals surface area contributed by atoms with Crippen molar-refractivity contribution in [3.63, 3.8) is 0 Å². The maximum Gasteiger partial charge on any atom is 0.223 e. The summed E-state index contributed by atoms with van der Waals surface area (Å²) in [7, 11) is 0. The van der Waals surface area contributed by atoms with E-state index in [2.05, 4.69) is 6.07 Å². The van der Waals surface area contributed by atoms with Gasteiger partial charge in [0.15, 0.2) is 0 Å². The maximum absolute atomic E-state index is 11.2. The van der Waals surface area contributed by atoms with Gasteiger partial charge in [-0.3, -0.25) is 4.79 Å². The van der Waals surface area contributed by atoms with E-state index in [1.807, 2.05) is 20.8 Å². The van der Waals surface area contributed by atoms with Crippen LogP contribution in [0.5, 0.6) is 0 Å². The van der Waals surface area contributed by atoms with E-state index in [9.17, 15) is 4.79 Å². The highest BCUT2D eigenvalue weighted by molar-refractivity contribution is 5.76. The number of rotatable bonds is 1. The molecular formula is C10H18N2O. The van der Waals surface area contributed by atoms with Gasteiger partial charge in [0.2, 0.25) is 5.91 Å². The first-order valence-electron chi connectivity index (χ1n) is 4.98. The smallest absolute Gasteiger partial charge is 0.223 e. The maximum atomic E-state index is 11.2. The largest absolute Gasteiger partial charge is 0.327 e. The van der Waals surface area contributed by atoms with E-state index < -0.39 is 0 Å². The Morgan fingerprint density at radius 3 is 2.69 bits per heavy atom. The topological polar surface area (TPSA) is 44.1 Å². The quantitative estimate of drug-likeness (QED) is 0.622. The predicted molar refractivity (Wildman–Crippen MR) is 52.0 cm³/mol. The van der Waals surface area contributed by atoms with Gasteiger partial charge in [-0.05, 0) is 12.8 Å². The van der Waals surface area contributed by atoms with Crippen LogP contribution >= 0.6 is 0 Å². The van der Waals surface area contributed by atoms with Crippen LogP contribution in [0.4, 0.5) is 0 Å². The number of carbonyl (C=O) groups excluding carboxylic acids is 1. The van der Waals surface area contributed by atoms with Crippen LogP contribution in [0, 0.1) is 11.3 Å². The van der Waals surface area contributed by atoms with Crippen molar-refractivity contribution in [2.45, 2.75) is 46.1 Å². The lowest BCUT2D eigenvalue weighted by Gasteiger charge is -2.17. The van der Waals surface area contributed by atoms with Gasteiger partial charge in [-0.1, -0.05) is 20.8 Å². The Morgan fingerprint density at radius 2 is 2.23 bits per heavy atom. The number of hydrogen-bond acceptors (Lipinski definition) is 2. The predicted octanol–water partition coefficient (Wildman–Crippen LogP) is 1.94. The van der Waals surface area contributed by atoms with Crippen molar-refractivity contribution >= 4 is 5.91 Å². The number of likely N-dealkylation sites (tertiary alicyclic amines) is 1. The van der Waals surface area contributed by atoms with E-state index in [0.717, 1.165) is 19.4 Å². The van der Waals surface area contributed by atoms with Gasteiger partial charge in [-0.15, -0.1) is 0 Å². The molecular weight excluding hydrogens is 164 g/mol. The molecule has 1 fully saturated rings. The Labute approximate surface area is 80.3 Å². The van der Waals surface area contributed by atoms with E-state index in [1.165, 1.54) is 0 Å². The second-order valence-corrected chi connectivity index (χ2v) is 2.73. The van der Waals surface area contributed by atoms with Crippen LogP contribution in [-0.2, 0) is 4.79 Å². The van der Waals surface area contributed by atoms with E-state index in [-0.39, 0.29) is 11.9 Å². The zero-order valence-electron chi connectivity index (χ0n) is 8.71. The zero-order valence-corrected chi connectivity index (χ0v) is 8.71. The van der Waals surface area contributed by atoms with E-state index in [0.29, 0.717) is 6.42 Å². The summed E-state index contributed by atoms with van der Waals surface area (Å²) in [5, 5.41) is 8.64. The molecule has 0 aromatic rings. The molecule has 1 atom stereocenters. The molecule has 0 spiro atoms. The average Bonchev–Trinajstić information content (AvgIpc) is 2.67. The standard InChI is InChI=1S/C8H12N2O.C2H6/c1-2-8(11)10-5-3-4-7(10)6-9;1-2/h7H,2-5H2,1H3;1-2H3/t7-;/m0./s1. The number of carbonyl (C=O) groups is 1. The zero-order chi connectivity index (χ0) is 10.3. The minimum Gasteiger partial charge on any atom is -0.327 e. The lowest BCUT2D eigenvalue weighted by Crippen LogP contribution is -2.33. The van der Waals surface area contributed by atoms with Gasteiger partial charge in [-0.25, -0.2) is 0 Å². The number of hydrogen-bond donors (Lipinski definition) is 0. The van der Waals surface area contributed by atoms with Crippen LogP contribution in [0.1, 0.15) is 40.0 Å².